The fraction of sp³-hybridized carbons (Fsp3) is 0.583. The van der Waals surface area contributed by atoms with Gasteiger partial charge in [-0.15, -0.1) is 0 Å². The maximum Gasteiger partial charge on any atom is 0.508 e. The van der Waals surface area contributed by atoms with Gasteiger partial charge >= 0.3 is 11.8 Å². The van der Waals surface area contributed by atoms with Crippen LogP contribution in [0.15, 0.2) is 15.8 Å². The van der Waals surface area contributed by atoms with Crippen LogP contribution >= 0.6 is 0 Å². The number of nitrogens with one attached hydrogen (secondary N) is 1. The summed E-state index contributed by atoms with van der Waals surface area (Å²) in [5.41, 5.74) is -0.766. The molecule has 116 valence electrons. The Bertz CT molecular complexity index is 635. The average molecular weight is 300 g/mol. The third kappa shape index (κ3) is 3.14. The summed E-state index contributed by atoms with van der Waals surface area (Å²) in [6.45, 7) is 1.17. The Kier molecular flexibility index (Phi) is 4.43. The summed E-state index contributed by atoms with van der Waals surface area (Å²) in [4.78, 5) is 36.4. The summed E-state index contributed by atoms with van der Waals surface area (Å²) in [5, 5.41) is 9.25. The monoisotopic (exact) mass is 300 g/mol. The van der Waals surface area contributed by atoms with Crippen molar-refractivity contribution in [2.24, 2.45) is 0 Å². The first-order valence-electron chi connectivity index (χ1n) is 6.29. The number of aryl methyl sites for hydroxylation is 1. The van der Waals surface area contributed by atoms with Crippen LogP contribution in [-0.4, -0.2) is 46.7 Å². The molecule has 1 aliphatic rings. The predicted octanol–water partition coefficient (Wildman–Crippen LogP) is -0.724. The summed E-state index contributed by atoms with van der Waals surface area (Å²) < 4.78 is 16.0. The van der Waals surface area contributed by atoms with Crippen LogP contribution in [0.4, 0.5) is 4.79 Å². The SMILES string of the molecule is COC(=O)O[C@@H]1C[C@H](n2cc(C)c(=O)[nH]c2=O)O[C@@H]1CO. The van der Waals surface area contributed by atoms with Gasteiger partial charge in [0.25, 0.3) is 5.56 Å². The molecule has 2 rings (SSSR count). The number of aliphatic hydroxyl groups excluding tert-OH is 1. The molecule has 2 heterocycles. The summed E-state index contributed by atoms with van der Waals surface area (Å²) in [7, 11) is 1.17. The zero-order chi connectivity index (χ0) is 15.6. The number of carbonyl (C=O) groups excluding carboxylic acids is 1. The number of ether oxygens (including phenoxy) is 3. The van der Waals surface area contributed by atoms with Crippen molar-refractivity contribution in [3.05, 3.63) is 32.6 Å². The van der Waals surface area contributed by atoms with Crippen LogP contribution in [0.1, 0.15) is 18.2 Å². The Morgan fingerprint density at radius 1 is 1.57 bits per heavy atom. The number of carbonyl (C=O) groups is 1. The molecule has 2 N–H and O–H groups in total. The predicted molar refractivity (Wildman–Crippen MR) is 69.0 cm³/mol. The highest BCUT2D eigenvalue weighted by atomic mass is 16.7. The van der Waals surface area contributed by atoms with Gasteiger partial charge in [-0.25, -0.2) is 9.59 Å². The van der Waals surface area contributed by atoms with Gasteiger partial charge in [0, 0.05) is 18.2 Å². The minimum Gasteiger partial charge on any atom is -0.438 e. The highest BCUT2D eigenvalue weighted by molar-refractivity contribution is 5.59. The van der Waals surface area contributed by atoms with E-state index in [2.05, 4.69) is 9.72 Å². The first kappa shape index (κ1) is 15.3. The van der Waals surface area contributed by atoms with Crippen LogP contribution in [0.3, 0.4) is 0 Å². The van der Waals surface area contributed by atoms with E-state index >= 15 is 0 Å². The van der Waals surface area contributed by atoms with Gasteiger partial charge in [-0.1, -0.05) is 0 Å². The Hall–Kier alpha value is -2.13. The smallest absolute Gasteiger partial charge is 0.438 e. The molecular formula is C12H16N2O7. The Morgan fingerprint density at radius 2 is 2.29 bits per heavy atom. The lowest BCUT2D eigenvalue weighted by atomic mass is 10.2. The molecule has 1 aliphatic heterocycles. The van der Waals surface area contributed by atoms with Gasteiger partial charge in [0.15, 0.2) is 0 Å². The highest BCUT2D eigenvalue weighted by Gasteiger charge is 2.39. The fourth-order valence-electron chi connectivity index (χ4n) is 2.13. The van der Waals surface area contributed by atoms with Crippen molar-refractivity contribution in [2.75, 3.05) is 13.7 Å². The van der Waals surface area contributed by atoms with Crippen LogP contribution in [-0.2, 0) is 14.2 Å². The van der Waals surface area contributed by atoms with E-state index in [1.165, 1.54) is 17.9 Å². The van der Waals surface area contributed by atoms with Crippen LogP contribution in [0.5, 0.6) is 0 Å². The van der Waals surface area contributed by atoms with E-state index in [0.29, 0.717) is 5.56 Å². The molecule has 0 unspecified atom stereocenters. The van der Waals surface area contributed by atoms with Crippen molar-refractivity contribution in [2.45, 2.75) is 31.8 Å². The molecule has 1 aromatic heterocycles. The molecule has 0 amide bonds. The third-order valence-electron chi connectivity index (χ3n) is 3.23. The lowest BCUT2D eigenvalue weighted by molar-refractivity contribution is -0.0555. The lowest BCUT2D eigenvalue weighted by Crippen LogP contribution is -2.33. The lowest BCUT2D eigenvalue weighted by Gasteiger charge is -2.15. The number of methoxy groups -OCH3 is 1. The molecule has 21 heavy (non-hydrogen) atoms. The molecule has 0 spiro atoms. The van der Waals surface area contributed by atoms with E-state index in [4.69, 9.17) is 9.47 Å². The van der Waals surface area contributed by atoms with E-state index in [1.54, 1.807) is 6.92 Å². The van der Waals surface area contributed by atoms with Gasteiger partial charge in [0.2, 0.25) is 0 Å². The molecule has 1 saturated heterocycles. The maximum atomic E-state index is 11.8. The summed E-state index contributed by atoms with van der Waals surface area (Å²) in [5.74, 6) is 0. The number of hydrogen-bond acceptors (Lipinski definition) is 7. The summed E-state index contributed by atoms with van der Waals surface area (Å²) in [6, 6.07) is 0. The van der Waals surface area contributed by atoms with E-state index in [0.717, 1.165) is 0 Å². The fourth-order valence-corrected chi connectivity index (χ4v) is 2.13. The molecular weight excluding hydrogens is 284 g/mol. The number of nitrogens with zero attached hydrogens (tertiary/aromatic N) is 1. The average Bonchev–Trinajstić information content (AvgIpc) is 2.85. The van der Waals surface area contributed by atoms with Gasteiger partial charge in [0.1, 0.15) is 18.4 Å². The topological polar surface area (TPSA) is 120 Å². The number of hydrogen-bond donors (Lipinski definition) is 2. The quantitative estimate of drug-likeness (QED) is 0.706. The zero-order valence-electron chi connectivity index (χ0n) is 11.6. The molecule has 1 fully saturated rings. The first-order chi connectivity index (χ1) is 9.96. The Morgan fingerprint density at radius 3 is 2.90 bits per heavy atom. The highest BCUT2D eigenvalue weighted by Crippen LogP contribution is 2.29. The second-order valence-electron chi connectivity index (χ2n) is 4.64. The van der Waals surface area contributed by atoms with Gasteiger partial charge in [-0.3, -0.25) is 14.3 Å². The number of rotatable bonds is 3. The van der Waals surface area contributed by atoms with Gasteiger partial charge in [0.05, 0.1) is 13.7 Å². The van der Waals surface area contributed by atoms with Crippen LogP contribution < -0.4 is 11.2 Å². The largest absolute Gasteiger partial charge is 0.508 e. The van der Waals surface area contributed by atoms with Crippen molar-refractivity contribution in [1.29, 1.82) is 0 Å². The normalized spacial score (nSPS) is 24.8. The molecule has 9 heteroatoms. The number of aromatic amines is 1. The number of H-pyrrole nitrogens is 1. The Balaban J connectivity index is 2.23. The second-order valence-corrected chi connectivity index (χ2v) is 4.64. The summed E-state index contributed by atoms with van der Waals surface area (Å²) in [6.07, 6.45) is -1.64. The minimum absolute atomic E-state index is 0.158. The molecule has 0 radical (unpaired) electrons. The molecule has 0 aliphatic carbocycles. The Labute approximate surface area is 119 Å². The number of aromatic nitrogens is 2. The van der Waals surface area contributed by atoms with Gasteiger partial charge < -0.3 is 19.3 Å². The molecule has 0 bridgehead atoms. The van der Waals surface area contributed by atoms with Crippen molar-refractivity contribution in [3.63, 3.8) is 0 Å². The van der Waals surface area contributed by atoms with Crippen LogP contribution in [0, 0.1) is 6.92 Å². The molecule has 9 nitrogen and oxygen atoms in total. The zero-order valence-corrected chi connectivity index (χ0v) is 11.6. The molecule has 0 saturated carbocycles. The van der Waals surface area contributed by atoms with Crippen molar-refractivity contribution in [1.82, 2.24) is 9.55 Å². The number of aliphatic hydroxyl groups is 1. The van der Waals surface area contributed by atoms with Crippen molar-refractivity contribution < 1.29 is 24.1 Å². The van der Waals surface area contributed by atoms with Crippen molar-refractivity contribution in [3.8, 4) is 0 Å². The maximum absolute atomic E-state index is 11.8. The molecule has 1 aromatic rings. The molecule has 0 aromatic carbocycles. The molecule has 3 atom stereocenters. The van der Waals surface area contributed by atoms with Crippen molar-refractivity contribution >= 4 is 6.16 Å². The van der Waals surface area contributed by atoms with Gasteiger partial charge in [-0.05, 0) is 6.92 Å². The second kappa shape index (κ2) is 6.10. The van der Waals surface area contributed by atoms with E-state index in [1.807, 2.05) is 0 Å². The summed E-state index contributed by atoms with van der Waals surface area (Å²) >= 11 is 0. The van der Waals surface area contributed by atoms with E-state index in [9.17, 15) is 19.5 Å². The first-order valence-corrected chi connectivity index (χ1v) is 6.29. The van der Waals surface area contributed by atoms with E-state index in [-0.39, 0.29) is 13.0 Å². The van der Waals surface area contributed by atoms with Gasteiger partial charge in [-0.2, -0.15) is 0 Å². The standard InChI is InChI=1S/C12H16N2O7/c1-6-4-14(11(17)13-10(6)16)9-3-7(8(5-15)20-9)21-12(18)19-2/h4,7-9,15H,3,5H2,1-2H3,(H,13,16,17)/t7-,8-,9-/m1/s1. The van der Waals surface area contributed by atoms with Crippen LogP contribution in [0.2, 0.25) is 0 Å². The minimum atomic E-state index is -0.896. The van der Waals surface area contributed by atoms with Crippen LogP contribution in [0.25, 0.3) is 0 Å². The third-order valence-corrected chi connectivity index (χ3v) is 3.23. The van der Waals surface area contributed by atoms with E-state index < -0.39 is 35.8 Å².